The molecule has 19 heavy (non-hydrogen) atoms. The quantitative estimate of drug-likeness (QED) is 0.873. The molecule has 0 heterocycles. The fourth-order valence-corrected chi connectivity index (χ4v) is 2.13. The summed E-state index contributed by atoms with van der Waals surface area (Å²) in [5, 5.41) is 0. The first kappa shape index (κ1) is 14.0. The van der Waals surface area contributed by atoms with Crippen LogP contribution in [-0.4, -0.2) is 12.3 Å². The molecule has 2 rings (SSSR count). The van der Waals surface area contributed by atoms with E-state index in [9.17, 15) is 4.79 Å². The Morgan fingerprint density at radius 1 is 1.05 bits per heavy atom. The van der Waals surface area contributed by atoms with Crippen molar-refractivity contribution in [2.24, 2.45) is 5.73 Å². The van der Waals surface area contributed by atoms with Crippen LogP contribution in [0.5, 0.6) is 0 Å². The van der Waals surface area contributed by atoms with Crippen molar-refractivity contribution in [1.29, 1.82) is 0 Å². The third-order valence-corrected chi connectivity index (χ3v) is 3.73. The molecule has 2 aromatic carbocycles. The van der Waals surface area contributed by atoms with Crippen LogP contribution in [0.2, 0.25) is 0 Å². The largest absolute Gasteiger partial charge is 0.330 e. The highest BCUT2D eigenvalue weighted by Gasteiger charge is 2.10. The second kappa shape index (κ2) is 6.13. The molecule has 0 aliphatic carbocycles. The highest BCUT2D eigenvalue weighted by Crippen LogP contribution is 2.18. The van der Waals surface area contributed by atoms with Crippen LogP contribution in [0.25, 0.3) is 0 Å². The van der Waals surface area contributed by atoms with Gasteiger partial charge in [-0.15, -0.1) is 0 Å². The minimum absolute atomic E-state index is 0.0412. The van der Waals surface area contributed by atoms with Gasteiger partial charge in [0.15, 0.2) is 5.78 Å². The predicted octanol–water partition coefficient (Wildman–Crippen LogP) is 3.74. The number of ketones is 1. The molecule has 3 heteroatoms. The van der Waals surface area contributed by atoms with Gasteiger partial charge < -0.3 is 5.73 Å². The normalized spacial score (nSPS) is 12.2. The van der Waals surface area contributed by atoms with Crippen LogP contribution in [0.15, 0.2) is 53.0 Å². The van der Waals surface area contributed by atoms with Gasteiger partial charge in [-0.3, -0.25) is 4.79 Å². The van der Waals surface area contributed by atoms with Crippen LogP contribution >= 0.6 is 15.9 Å². The van der Waals surface area contributed by atoms with Crippen molar-refractivity contribution in [2.75, 3.05) is 6.54 Å². The highest BCUT2D eigenvalue weighted by atomic mass is 79.9. The van der Waals surface area contributed by atoms with E-state index in [4.69, 9.17) is 5.73 Å². The molecule has 0 amide bonds. The van der Waals surface area contributed by atoms with E-state index >= 15 is 0 Å². The number of carbonyl (C=O) groups is 1. The number of hydrogen-bond acceptors (Lipinski definition) is 2. The lowest BCUT2D eigenvalue weighted by atomic mass is 9.97. The van der Waals surface area contributed by atoms with Crippen molar-refractivity contribution in [3.05, 3.63) is 69.7 Å². The van der Waals surface area contributed by atoms with Gasteiger partial charge in [-0.25, -0.2) is 0 Å². The Morgan fingerprint density at radius 3 is 2.00 bits per heavy atom. The standard InChI is InChI=1S/C16H16BrNO/c1-11(10-18)12-2-4-13(5-3-12)16(19)14-6-8-15(17)9-7-14/h2-9,11H,10,18H2,1H3. The monoisotopic (exact) mass is 317 g/mol. The first-order valence-corrected chi connectivity index (χ1v) is 7.01. The van der Waals surface area contributed by atoms with Gasteiger partial charge in [0.1, 0.15) is 0 Å². The lowest BCUT2D eigenvalue weighted by Gasteiger charge is -2.09. The van der Waals surface area contributed by atoms with Crippen LogP contribution < -0.4 is 5.73 Å². The molecule has 0 saturated carbocycles. The number of rotatable bonds is 4. The zero-order valence-corrected chi connectivity index (χ0v) is 12.4. The third-order valence-electron chi connectivity index (χ3n) is 3.20. The Kier molecular flexibility index (Phi) is 4.51. The predicted molar refractivity (Wildman–Crippen MR) is 81.5 cm³/mol. The van der Waals surface area contributed by atoms with E-state index in [1.54, 1.807) is 0 Å². The number of halogens is 1. The molecule has 0 saturated heterocycles. The third kappa shape index (κ3) is 3.31. The summed E-state index contributed by atoms with van der Waals surface area (Å²) in [7, 11) is 0. The van der Waals surface area contributed by atoms with Crippen LogP contribution in [-0.2, 0) is 0 Å². The van der Waals surface area contributed by atoms with Gasteiger partial charge in [-0.05, 0) is 42.3 Å². The number of carbonyl (C=O) groups excluding carboxylic acids is 1. The van der Waals surface area contributed by atoms with Gasteiger partial charge in [-0.1, -0.05) is 47.1 Å². The zero-order chi connectivity index (χ0) is 13.8. The van der Waals surface area contributed by atoms with Gasteiger partial charge >= 0.3 is 0 Å². The zero-order valence-electron chi connectivity index (χ0n) is 10.8. The minimum atomic E-state index is 0.0412. The maximum absolute atomic E-state index is 12.3. The number of benzene rings is 2. The Balaban J connectivity index is 2.22. The maximum atomic E-state index is 12.3. The fourth-order valence-electron chi connectivity index (χ4n) is 1.87. The second-order valence-corrected chi connectivity index (χ2v) is 5.51. The summed E-state index contributed by atoms with van der Waals surface area (Å²) in [6, 6.07) is 15.1. The van der Waals surface area contributed by atoms with Gasteiger partial charge in [0, 0.05) is 15.6 Å². The molecule has 0 bridgehead atoms. The minimum Gasteiger partial charge on any atom is -0.330 e. The van der Waals surface area contributed by atoms with Gasteiger partial charge in [-0.2, -0.15) is 0 Å². The van der Waals surface area contributed by atoms with Crippen LogP contribution in [0.1, 0.15) is 34.3 Å². The smallest absolute Gasteiger partial charge is 0.193 e. The first-order valence-electron chi connectivity index (χ1n) is 6.22. The van der Waals surface area contributed by atoms with Crippen molar-refractivity contribution in [1.82, 2.24) is 0 Å². The molecule has 98 valence electrons. The van der Waals surface area contributed by atoms with Crippen molar-refractivity contribution in [3.8, 4) is 0 Å². The summed E-state index contributed by atoms with van der Waals surface area (Å²) in [5.41, 5.74) is 8.20. The molecular formula is C16H16BrNO. The van der Waals surface area contributed by atoms with E-state index in [1.165, 1.54) is 0 Å². The van der Waals surface area contributed by atoms with Gasteiger partial charge in [0.25, 0.3) is 0 Å². The van der Waals surface area contributed by atoms with Gasteiger partial charge in [0.2, 0.25) is 0 Å². The molecular weight excluding hydrogens is 302 g/mol. The summed E-state index contributed by atoms with van der Waals surface area (Å²) in [6.07, 6.45) is 0. The van der Waals surface area contributed by atoms with E-state index in [1.807, 2.05) is 48.5 Å². The SMILES string of the molecule is CC(CN)c1ccc(C(=O)c2ccc(Br)cc2)cc1. The van der Waals surface area contributed by atoms with E-state index in [-0.39, 0.29) is 5.78 Å². The Morgan fingerprint density at radius 2 is 1.53 bits per heavy atom. The van der Waals surface area contributed by atoms with Crippen molar-refractivity contribution < 1.29 is 4.79 Å². The molecule has 0 aliphatic rings. The van der Waals surface area contributed by atoms with Crippen LogP contribution in [0, 0.1) is 0 Å². The average Bonchev–Trinajstić information content (AvgIpc) is 2.46. The molecule has 2 N–H and O–H groups in total. The lowest BCUT2D eigenvalue weighted by molar-refractivity contribution is 0.103. The summed E-state index contributed by atoms with van der Waals surface area (Å²) in [6.45, 7) is 2.69. The molecule has 0 aliphatic heterocycles. The molecule has 0 fully saturated rings. The Bertz CT molecular complexity index is 560. The molecule has 0 radical (unpaired) electrons. The van der Waals surface area contributed by atoms with Crippen molar-refractivity contribution >= 4 is 21.7 Å². The Hall–Kier alpha value is -1.45. The highest BCUT2D eigenvalue weighted by molar-refractivity contribution is 9.10. The van der Waals surface area contributed by atoms with Crippen molar-refractivity contribution in [2.45, 2.75) is 12.8 Å². The van der Waals surface area contributed by atoms with E-state index in [2.05, 4.69) is 22.9 Å². The maximum Gasteiger partial charge on any atom is 0.193 e. The molecule has 1 unspecified atom stereocenters. The van der Waals surface area contributed by atoms with E-state index in [0.29, 0.717) is 23.6 Å². The molecule has 1 atom stereocenters. The lowest BCUT2D eigenvalue weighted by Crippen LogP contribution is -2.09. The van der Waals surface area contributed by atoms with Crippen LogP contribution in [0.3, 0.4) is 0 Å². The Labute approximate surface area is 121 Å². The molecule has 0 spiro atoms. The topological polar surface area (TPSA) is 43.1 Å². The summed E-state index contributed by atoms with van der Waals surface area (Å²) < 4.78 is 0.969. The van der Waals surface area contributed by atoms with Crippen LogP contribution in [0.4, 0.5) is 0 Å². The summed E-state index contributed by atoms with van der Waals surface area (Å²) >= 11 is 3.36. The van der Waals surface area contributed by atoms with E-state index < -0.39 is 0 Å². The molecule has 2 nitrogen and oxygen atoms in total. The number of hydrogen-bond donors (Lipinski definition) is 1. The summed E-state index contributed by atoms with van der Waals surface area (Å²) in [4.78, 5) is 12.3. The second-order valence-electron chi connectivity index (χ2n) is 4.59. The number of nitrogens with two attached hydrogens (primary N) is 1. The molecule has 2 aromatic rings. The summed E-state index contributed by atoms with van der Waals surface area (Å²) in [5.74, 6) is 0.358. The van der Waals surface area contributed by atoms with Crippen molar-refractivity contribution in [3.63, 3.8) is 0 Å². The van der Waals surface area contributed by atoms with Gasteiger partial charge in [0.05, 0.1) is 0 Å². The first-order chi connectivity index (χ1) is 9.11. The average molecular weight is 318 g/mol. The molecule has 0 aromatic heterocycles. The van der Waals surface area contributed by atoms with E-state index in [0.717, 1.165) is 10.0 Å². The fraction of sp³-hybridized carbons (Fsp3) is 0.188.